The van der Waals surface area contributed by atoms with Gasteiger partial charge >= 0.3 is 19.8 Å². The van der Waals surface area contributed by atoms with E-state index in [4.69, 9.17) is 24.3 Å². The van der Waals surface area contributed by atoms with Crippen LogP contribution in [0, 0.1) is 0 Å². The van der Waals surface area contributed by atoms with Gasteiger partial charge in [0.15, 0.2) is 6.10 Å². The Balaban J connectivity index is 3.75. The highest BCUT2D eigenvalue weighted by Crippen LogP contribution is 2.43. The van der Waals surface area contributed by atoms with Crippen molar-refractivity contribution in [2.45, 2.75) is 399 Å². The van der Waals surface area contributed by atoms with Crippen molar-refractivity contribution < 1.29 is 37.6 Å². The topological polar surface area (TPSA) is 134 Å². The molecule has 9 nitrogen and oxygen atoms in total. The van der Waals surface area contributed by atoms with Crippen LogP contribution >= 0.6 is 7.82 Å². The molecule has 10 heteroatoms. The number of carbonyl (C=O) groups excluding carboxylic acids is 2. The Hall–Kier alpha value is -0.990. The molecular weight excluding hydrogens is 990 g/mol. The molecule has 0 saturated carbocycles. The van der Waals surface area contributed by atoms with Gasteiger partial charge in [-0.1, -0.05) is 367 Å². The summed E-state index contributed by atoms with van der Waals surface area (Å²) in [5.41, 5.74) is 5.40. The highest BCUT2D eigenvalue weighted by Gasteiger charge is 2.26. The first-order valence-electron chi connectivity index (χ1n) is 35.0. The molecule has 0 amide bonds. The molecule has 0 aromatic heterocycles. The number of phosphoric ester groups is 1. The van der Waals surface area contributed by atoms with E-state index < -0.39 is 26.5 Å². The van der Waals surface area contributed by atoms with Gasteiger partial charge < -0.3 is 20.1 Å². The number of esters is 2. The number of hydrogen-bond acceptors (Lipinski definition) is 8. The van der Waals surface area contributed by atoms with Crippen molar-refractivity contribution in [3.05, 3.63) is 0 Å². The molecule has 0 spiro atoms. The second-order valence-corrected chi connectivity index (χ2v) is 25.6. The molecule has 466 valence electrons. The highest BCUT2D eigenvalue weighted by molar-refractivity contribution is 7.47. The van der Waals surface area contributed by atoms with Crippen LogP contribution < -0.4 is 5.73 Å². The summed E-state index contributed by atoms with van der Waals surface area (Å²) in [5, 5.41) is 0. The number of hydrogen-bond donors (Lipinski definition) is 2. The fraction of sp³-hybridized carbons (Fsp3) is 0.971. The largest absolute Gasteiger partial charge is 0.472 e. The minimum Gasteiger partial charge on any atom is -0.462 e. The summed E-state index contributed by atoms with van der Waals surface area (Å²) < 4.78 is 33.2. The maximum Gasteiger partial charge on any atom is 0.472 e. The molecule has 0 aromatic carbocycles. The monoisotopic (exact) mass is 1130 g/mol. The molecule has 0 aliphatic rings. The summed E-state index contributed by atoms with van der Waals surface area (Å²) in [6.07, 6.45) is 76.4. The average molecular weight is 1130 g/mol. The van der Waals surface area contributed by atoms with Gasteiger partial charge in [-0.05, 0) is 12.8 Å². The Kier molecular flexibility index (Phi) is 64.3. The molecule has 3 N–H and O–H groups in total. The Labute approximate surface area is 486 Å². The zero-order valence-electron chi connectivity index (χ0n) is 52.5. The van der Waals surface area contributed by atoms with Crippen LogP contribution in [-0.2, 0) is 32.7 Å². The van der Waals surface area contributed by atoms with Crippen molar-refractivity contribution in [2.24, 2.45) is 5.73 Å². The lowest BCUT2D eigenvalue weighted by Crippen LogP contribution is -2.29. The van der Waals surface area contributed by atoms with E-state index in [1.165, 1.54) is 327 Å². The van der Waals surface area contributed by atoms with E-state index in [1.54, 1.807) is 0 Å². The maximum absolute atomic E-state index is 12.8. The molecular formula is C68H136NO8P. The fourth-order valence-corrected chi connectivity index (χ4v) is 11.8. The summed E-state index contributed by atoms with van der Waals surface area (Å²) >= 11 is 0. The molecule has 0 fully saturated rings. The summed E-state index contributed by atoms with van der Waals surface area (Å²) in [6, 6.07) is 0. The van der Waals surface area contributed by atoms with Crippen LogP contribution in [0.2, 0.25) is 0 Å². The Bertz CT molecular complexity index is 1240. The van der Waals surface area contributed by atoms with Crippen molar-refractivity contribution in [3.63, 3.8) is 0 Å². The first kappa shape index (κ1) is 77.0. The molecule has 78 heavy (non-hydrogen) atoms. The highest BCUT2D eigenvalue weighted by atomic mass is 31.2. The third kappa shape index (κ3) is 64.2. The Morgan fingerprint density at radius 1 is 0.333 bits per heavy atom. The number of phosphoric acid groups is 1. The van der Waals surface area contributed by atoms with E-state index in [9.17, 15) is 19.0 Å². The lowest BCUT2D eigenvalue weighted by molar-refractivity contribution is -0.161. The van der Waals surface area contributed by atoms with Crippen LogP contribution in [0.25, 0.3) is 0 Å². The van der Waals surface area contributed by atoms with Crippen molar-refractivity contribution in [1.82, 2.24) is 0 Å². The van der Waals surface area contributed by atoms with E-state index in [0.29, 0.717) is 12.8 Å². The normalized spacial score (nSPS) is 12.8. The SMILES string of the molecule is CCCCCCCCCCCCCCCCCCCCCCCCCCCCCCCCCCCCCCC(=O)OC(COC(=O)CCCCCCCCCCCCCCCCCCCCCCC)COP(=O)(O)OCCN. The lowest BCUT2D eigenvalue weighted by atomic mass is 10.0. The van der Waals surface area contributed by atoms with Gasteiger partial charge in [0.2, 0.25) is 0 Å². The minimum atomic E-state index is -4.38. The zero-order chi connectivity index (χ0) is 56.6. The molecule has 0 aliphatic heterocycles. The van der Waals surface area contributed by atoms with E-state index in [1.807, 2.05) is 0 Å². The molecule has 2 unspecified atom stereocenters. The molecule has 0 aromatic rings. The minimum absolute atomic E-state index is 0.0588. The third-order valence-corrected chi connectivity index (χ3v) is 17.2. The van der Waals surface area contributed by atoms with Crippen LogP contribution in [0.1, 0.15) is 393 Å². The predicted octanol–water partition coefficient (Wildman–Crippen LogP) is 22.6. The van der Waals surface area contributed by atoms with Gasteiger partial charge in [-0.25, -0.2) is 4.57 Å². The predicted molar refractivity (Wildman–Crippen MR) is 335 cm³/mol. The van der Waals surface area contributed by atoms with Crippen LogP contribution in [0.5, 0.6) is 0 Å². The summed E-state index contributed by atoms with van der Waals surface area (Å²) in [7, 11) is -4.38. The van der Waals surface area contributed by atoms with Crippen LogP contribution in [0.3, 0.4) is 0 Å². The number of carbonyl (C=O) groups is 2. The van der Waals surface area contributed by atoms with E-state index in [0.717, 1.165) is 32.1 Å². The van der Waals surface area contributed by atoms with Crippen LogP contribution in [-0.4, -0.2) is 49.3 Å². The molecule has 0 aliphatic carbocycles. The second-order valence-electron chi connectivity index (χ2n) is 24.1. The summed E-state index contributed by atoms with van der Waals surface area (Å²) in [6.45, 7) is 3.84. The second kappa shape index (κ2) is 65.2. The molecule has 0 rings (SSSR count). The average Bonchev–Trinajstić information content (AvgIpc) is 3.43. The molecule has 0 bridgehead atoms. The van der Waals surface area contributed by atoms with E-state index in [-0.39, 0.29) is 32.1 Å². The van der Waals surface area contributed by atoms with Gasteiger partial charge in [-0.15, -0.1) is 0 Å². The molecule has 0 radical (unpaired) electrons. The van der Waals surface area contributed by atoms with Gasteiger partial charge in [0.25, 0.3) is 0 Å². The molecule has 2 atom stereocenters. The Morgan fingerprint density at radius 2 is 0.551 bits per heavy atom. The smallest absolute Gasteiger partial charge is 0.462 e. The number of unbranched alkanes of at least 4 members (excludes halogenated alkanes) is 55. The summed E-state index contributed by atoms with van der Waals surface area (Å²) in [5.74, 6) is -0.798. The first-order valence-corrected chi connectivity index (χ1v) is 36.5. The van der Waals surface area contributed by atoms with Crippen molar-refractivity contribution in [1.29, 1.82) is 0 Å². The Morgan fingerprint density at radius 3 is 0.782 bits per heavy atom. The molecule has 0 saturated heterocycles. The van der Waals surface area contributed by atoms with Crippen LogP contribution in [0.4, 0.5) is 0 Å². The van der Waals surface area contributed by atoms with Gasteiger partial charge in [-0.3, -0.25) is 18.6 Å². The van der Waals surface area contributed by atoms with Gasteiger partial charge in [0.1, 0.15) is 6.61 Å². The maximum atomic E-state index is 12.8. The van der Waals surface area contributed by atoms with Crippen LogP contribution in [0.15, 0.2) is 0 Å². The molecule has 0 heterocycles. The fourth-order valence-electron chi connectivity index (χ4n) is 11.1. The lowest BCUT2D eigenvalue weighted by Gasteiger charge is -2.19. The van der Waals surface area contributed by atoms with Crippen molar-refractivity contribution >= 4 is 19.8 Å². The first-order chi connectivity index (χ1) is 38.3. The zero-order valence-corrected chi connectivity index (χ0v) is 53.3. The number of ether oxygens (including phenoxy) is 2. The van der Waals surface area contributed by atoms with Gasteiger partial charge in [0.05, 0.1) is 13.2 Å². The quantitative estimate of drug-likeness (QED) is 0.0347. The standard InChI is InChI=1S/C68H136NO8P/c1-3-5-7-9-11-13-15-17-19-21-23-25-26-27-28-29-30-31-32-33-34-35-36-37-38-39-41-43-45-47-49-51-53-55-57-59-61-68(71)77-66(65-76-78(72,73)75-63-62-69)64-74-67(70)60-58-56-54-52-50-48-46-44-42-40-24-22-20-18-16-14-12-10-8-6-4-2/h66H,3-65,69H2,1-2H3,(H,72,73). The van der Waals surface area contributed by atoms with Gasteiger partial charge in [-0.2, -0.15) is 0 Å². The van der Waals surface area contributed by atoms with E-state index >= 15 is 0 Å². The van der Waals surface area contributed by atoms with Gasteiger partial charge in [0, 0.05) is 19.4 Å². The number of rotatable bonds is 68. The summed E-state index contributed by atoms with van der Waals surface area (Å²) in [4.78, 5) is 35.3. The van der Waals surface area contributed by atoms with Crippen molar-refractivity contribution in [3.8, 4) is 0 Å². The van der Waals surface area contributed by atoms with Crippen molar-refractivity contribution in [2.75, 3.05) is 26.4 Å². The number of nitrogens with two attached hydrogens (primary N) is 1. The van der Waals surface area contributed by atoms with E-state index in [2.05, 4.69) is 13.8 Å². The third-order valence-electron chi connectivity index (χ3n) is 16.2.